The van der Waals surface area contributed by atoms with Crippen LogP contribution in [0.2, 0.25) is 0 Å². The highest BCUT2D eigenvalue weighted by Crippen LogP contribution is 2.40. The van der Waals surface area contributed by atoms with Gasteiger partial charge >= 0.3 is 11.9 Å². The van der Waals surface area contributed by atoms with Gasteiger partial charge in [-0.15, -0.1) is 0 Å². The van der Waals surface area contributed by atoms with Crippen LogP contribution in [0.5, 0.6) is 0 Å². The second kappa shape index (κ2) is 1.94. The highest BCUT2D eigenvalue weighted by Gasteiger charge is 2.48. The fourth-order valence-electron chi connectivity index (χ4n) is 1.74. The van der Waals surface area contributed by atoms with Gasteiger partial charge in [0.2, 0.25) is 0 Å². The summed E-state index contributed by atoms with van der Waals surface area (Å²) in [5, 5.41) is 0. The van der Waals surface area contributed by atoms with Gasteiger partial charge in [0, 0.05) is 0 Å². The molecule has 1 heterocycles. The molecule has 3 nitrogen and oxygen atoms in total. The molecule has 11 heavy (non-hydrogen) atoms. The first-order valence-corrected chi connectivity index (χ1v) is 3.60. The van der Waals surface area contributed by atoms with E-state index >= 15 is 0 Å². The molecule has 2 rings (SSSR count). The second-order valence-electron chi connectivity index (χ2n) is 3.11. The molecule has 0 aromatic rings. The third kappa shape index (κ3) is 0.803. The summed E-state index contributed by atoms with van der Waals surface area (Å²) in [6.07, 6.45) is 1.27. The standard InChI is InChI=1S/C8H8O3/c1-4-2-5-6(3-4)8(10)11-7(5)9/h5-6H,1-3H2/t5-,6-/m0/s1. The van der Waals surface area contributed by atoms with Crippen LogP contribution in [0, 0.1) is 11.8 Å². The Kier molecular flexibility index (Phi) is 1.16. The van der Waals surface area contributed by atoms with Gasteiger partial charge in [0.25, 0.3) is 0 Å². The van der Waals surface area contributed by atoms with Crippen molar-refractivity contribution in [3.63, 3.8) is 0 Å². The van der Waals surface area contributed by atoms with Gasteiger partial charge in [-0.25, -0.2) is 0 Å². The van der Waals surface area contributed by atoms with Crippen LogP contribution in [0.25, 0.3) is 0 Å². The van der Waals surface area contributed by atoms with Gasteiger partial charge in [0.1, 0.15) is 0 Å². The predicted octanol–water partition coefficient (Wildman–Crippen LogP) is 0.652. The lowest BCUT2D eigenvalue weighted by Gasteiger charge is -1.95. The van der Waals surface area contributed by atoms with Gasteiger partial charge in [-0.2, -0.15) is 0 Å². The fraction of sp³-hybridized carbons (Fsp3) is 0.500. The Balaban J connectivity index is 2.29. The van der Waals surface area contributed by atoms with Crippen molar-refractivity contribution in [2.75, 3.05) is 0 Å². The molecule has 1 aliphatic carbocycles. The first-order valence-electron chi connectivity index (χ1n) is 3.60. The summed E-state index contributed by atoms with van der Waals surface area (Å²) >= 11 is 0. The van der Waals surface area contributed by atoms with Crippen molar-refractivity contribution in [1.29, 1.82) is 0 Å². The number of carbonyl (C=O) groups is 2. The van der Waals surface area contributed by atoms with E-state index in [1.165, 1.54) is 0 Å². The number of cyclic esters (lactones) is 2. The minimum absolute atomic E-state index is 0.213. The van der Waals surface area contributed by atoms with Crippen molar-refractivity contribution < 1.29 is 14.3 Å². The van der Waals surface area contributed by atoms with Crippen molar-refractivity contribution >= 4 is 11.9 Å². The number of hydrogen-bond acceptors (Lipinski definition) is 3. The summed E-state index contributed by atoms with van der Waals surface area (Å²) in [5.74, 6) is -1.15. The van der Waals surface area contributed by atoms with Crippen molar-refractivity contribution in [3.05, 3.63) is 12.2 Å². The number of esters is 2. The number of rotatable bonds is 0. The van der Waals surface area contributed by atoms with E-state index in [0.29, 0.717) is 12.8 Å². The van der Waals surface area contributed by atoms with Crippen LogP contribution in [0.1, 0.15) is 12.8 Å². The summed E-state index contributed by atoms with van der Waals surface area (Å²) in [6.45, 7) is 3.75. The minimum atomic E-state index is -0.362. The lowest BCUT2D eigenvalue weighted by molar-refractivity contribution is -0.154. The average molecular weight is 152 g/mol. The highest BCUT2D eigenvalue weighted by atomic mass is 16.6. The van der Waals surface area contributed by atoms with Crippen molar-refractivity contribution in [3.8, 4) is 0 Å². The minimum Gasteiger partial charge on any atom is -0.393 e. The quantitative estimate of drug-likeness (QED) is 0.291. The molecule has 0 bridgehead atoms. The fourth-order valence-corrected chi connectivity index (χ4v) is 1.74. The van der Waals surface area contributed by atoms with E-state index in [4.69, 9.17) is 0 Å². The average Bonchev–Trinajstić information content (AvgIpc) is 2.38. The molecule has 0 aromatic carbocycles. The molecule has 2 aliphatic rings. The normalized spacial score (nSPS) is 35.8. The van der Waals surface area contributed by atoms with Gasteiger partial charge in [0.05, 0.1) is 11.8 Å². The zero-order chi connectivity index (χ0) is 8.01. The lowest BCUT2D eigenvalue weighted by Crippen LogP contribution is -2.09. The van der Waals surface area contributed by atoms with Gasteiger partial charge in [-0.05, 0) is 12.8 Å². The first kappa shape index (κ1) is 6.58. The lowest BCUT2D eigenvalue weighted by atomic mass is 10.00. The molecule has 0 unspecified atom stereocenters. The first-order chi connectivity index (χ1) is 5.18. The van der Waals surface area contributed by atoms with Gasteiger partial charge in [-0.1, -0.05) is 12.2 Å². The van der Waals surface area contributed by atoms with E-state index in [-0.39, 0.29) is 23.8 Å². The number of hydrogen-bond donors (Lipinski definition) is 0. The summed E-state index contributed by atoms with van der Waals surface area (Å²) in [5.41, 5.74) is 0.991. The maximum atomic E-state index is 10.9. The molecular formula is C8H8O3. The number of fused-ring (bicyclic) bond motifs is 1. The molecule has 1 saturated carbocycles. The Morgan fingerprint density at radius 3 is 2.09 bits per heavy atom. The molecule has 2 fully saturated rings. The van der Waals surface area contributed by atoms with Gasteiger partial charge < -0.3 is 4.74 Å². The molecular weight excluding hydrogens is 144 g/mol. The van der Waals surface area contributed by atoms with Crippen LogP contribution in [-0.4, -0.2) is 11.9 Å². The zero-order valence-electron chi connectivity index (χ0n) is 6.00. The Bertz CT molecular complexity index is 230. The van der Waals surface area contributed by atoms with Gasteiger partial charge in [0.15, 0.2) is 0 Å². The predicted molar refractivity (Wildman–Crippen MR) is 36.5 cm³/mol. The van der Waals surface area contributed by atoms with E-state index in [0.717, 1.165) is 5.57 Å². The molecule has 0 amide bonds. The maximum Gasteiger partial charge on any atom is 0.317 e. The van der Waals surface area contributed by atoms with E-state index in [1.807, 2.05) is 0 Å². The second-order valence-corrected chi connectivity index (χ2v) is 3.11. The van der Waals surface area contributed by atoms with E-state index in [1.54, 1.807) is 0 Å². The van der Waals surface area contributed by atoms with Crippen molar-refractivity contribution in [2.45, 2.75) is 12.8 Å². The van der Waals surface area contributed by atoms with Crippen LogP contribution in [0.15, 0.2) is 12.2 Å². The van der Waals surface area contributed by atoms with E-state index in [2.05, 4.69) is 11.3 Å². The monoisotopic (exact) mass is 152 g/mol. The van der Waals surface area contributed by atoms with Crippen LogP contribution in [-0.2, 0) is 14.3 Å². The molecule has 2 atom stereocenters. The SMILES string of the molecule is C=C1C[C@@H]2C(=O)OC(=O)[C@H]2C1. The van der Waals surface area contributed by atoms with E-state index < -0.39 is 0 Å². The molecule has 58 valence electrons. The Labute approximate surface area is 64.0 Å². The zero-order valence-corrected chi connectivity index (χ0v) is 6.00. The summed E-state index contributed by atoms with van der Waals surface area (Å²) in [4.78, 5) is 21.9. The number of allylic oxidation sites excluding steroid dienone is 1. The molecule has 1 aliphatic heterocycles. The Morgan fingerprint density at radius 2 is 1.64 bits per heavy atom. The van der Waals surface area contributed by atoms with Crippen molar-refractivity contribution in [2.24, 2.45) is 11.8 Å². The molecule has 0 radical (unpaired) electrons. The molecule has 3 heteroatoms. The summed E-state index contributed by atoms with van der Waals surface area (Å²) in [6, 6.07) is 0. The van der Waals surface area contributed by atoms with Gasteiger partial charge in [-0.3, -0.25) is 9.59 Å². The van der Waals surface area contributed by atoms with Crippen molar-refractivity contribution in [1.82, 2.24) is 0 Å². The maximum absolute atomic E-state index is 10.9. The van der Waals surface area contributed by atoms with Crippen LogP contribution in [0.3, 0.4) is 0 Å². The van der Waals surface area contributed by atoms with Crippen LogP contribution < -0.4 is 0 Å². The summed E-state index contributed by atoms with van der Waals surface area (Å²) < 4.78 is 4.46. The number of ether oxygens (including phenoxy) is 1. The Morgan fingerprint density at radius 1 is 1.18 bits per heavy atom. The van der Waals surface area contributed by atoms with Crippen LogP contribution >= 0.6 is 0 Å². The smallest absolute Gasteiger partial charge is 0.317 e. The van der Waals surface area contributed by atoms with Crippen LogP contribution in [0.4, 0.5) is 0 Å². The van der Waals surface area contributed by atoms with E-state index in [9.17, 15) is 9.59 Å². The molecule has 0 spiro atoms. The number of carbonyl (C=O) groups excluding carboxylic acids is 2. The third-order valence-corrected chi connectivity index (χ3v) is 2.31. The molecule has 0 N–H and O–H groups in total. The Hall–Kier alpha value is -1.12. The topological polar surface area (TPSA) is 43.4 Å². The molecule has 0 aromatic heterocycles. The third-order valence-electron chi connectivity index (χ3n) is 2.31. The molecule has 1 saturated heterocycles. The summed E-state index contributed by atoms with van der Waals surface area (Å²) in [7, 11) is 0. The largest absolute Gasteiger partial charge is 0.393 e. The highest BCUT2D eigenvalue weighted by molar-refractivity contribution is 5.97.